The Morgan fingerprint density at radius 3 is 2.16 bits per heavy atom. The van der Waals surface area contributed by atoms with E-state index in [1.807, 2.05) is 25.6 Å². The van der Waals surface area contributed by atoms with Crippen LogP contribution in [-0.2, 0) is 7.05 Å². The summed E-state index contributed by atoms with van der Waals surface area (Å²) in [6, 6.07) is 0. The minimum absolute atomic E-state index is 0.0853. The van der Waals surface area contributed by atoms with E-state index in [4.69, 9.17) is 4.74 Å². The Balaban J connectivity index is 2.60. The summed E-state index contributed by atoms with van der Waals surface area (Å²) < 4.78 is 7.86. The number of ether oxygens (including phenoxy) is 1. The SMILES string of the molecule is Cc1nn(C)c(C)c1OCC(C)(C)CNC(C)(C)C. The first kappa shape index (κ1) is 16.0. The first-order valence-electron chi connectivity index (χ1n) is 6.90. The number of nitrogens with zero attached hydrogens (tertiary/aromatic N) is 2. The standard InChI is InChI=1S/C15H29N3O/c1-11-13(12(2)18(8)17-11)19-10-15(6,7)9-16-14(3,4)5/h16H,9-10H2,1-8H3. The summed E-state index contributed by atoms with van der Waals surface area (Å²) in [5, 5.41) is 7.90. The molecule has 0 fully saturated rings. The highest BCUT2D eigenvalue weighted by Gasteiger charge is 2.23. The topological polar surface area (TPSA) is 39.1 Å². The second-order valence-corrected chi connectivity index (χ2v) is 7.18. The van der Waals surface area contributed by atoms with Crippen LogP contribution < -0.4 is 10.1 Å². The zero-order valence-corrected chi connectivity index (χ0v) is 13.7. The molecule has 0 atom stereocenters. The maximum Gasteiger partial charge on any atom is 0.162 e. The van der Waals surface area contributed by atoms with Gasteiger partial charge in [0.05, 0.1) is 12.3 Å². The molecule has 1 aromatic rings. The molecule has 0 saturated carbocycles. The van der Waals surface area contributed by atoms with Crippen molar-refractivity contribution < 1.29 is 4.74 Å². The molecule has 1 aromatic heterocycles. The average Bonchev–Trinajstić information content (AvgIpc) is 2.48. The summed E-state index contributed by atoms with van der Waals surface area (Å²) in [6.45, 7) is 16.6. The van der Waals surface area contributed by atoms with Crippen LogP contribution in [0, 0.1) is 19.3 Å². The highest BCUT2D eigenvalue weighted by Crippen LogP contribution is 2.24. The van der Waals surface area contributed by atoms with Gasteiger partial charge in [-0.2, -0.15) is 5.10 Å². The second-order valence-electron chi connectivity index (χ2n) is 7.18. The number of aromatic nitrogens is 2. The van der Waals surface area contributed by atoms with E-state index in [2.05, 4.69) is 45.0 Å². The summed E-state index contributed by atoms with van der Waals surface area (Å²) >= 11 is 0. The lowest BCUT2D eigenvalue weighted by atomic mass is 9.93. The average molecular weight is 267 g/mol. The maximum absolute atomic E-state index is 6.00. The molecule has 0 bridgehead atoms. The minimum Gasteiger partial charge on any atom is -0.489 e. The van der Waals surface area contributed by atoms with Crippen molar-refractivity contribution in [2.24, 2.45) is 12.5 Å². The molecule has 0 aliphatic rings. The molecule has 1 rings (SSSR count). The first-order chi connectivity index (χ1) is 8.52. The van der Waals surface area contributed by atoms with E-state index in [0.29, 0.717) is 6.61 Å². The second kappa shape index (κ2) is 5.53. The molecular weight excluding hydrogens is 238 g/mol. The fourth-order valence-corrected chi connectivity index (χ4v) is 1.79. The lowest BCUT2D eigenvalue weighted by Crippen LogP contribution is -2.43. The van der Waals surface area contributed by atoms with E-state index in [-0.39, 0.29) is 11.0 Å². The smallest absolute Gasteiger partial charge is 0.162 e. The number of hydrogen-bond acceptors (Lipinski definition) is 3. The number of nitrogens with one attached hydrogen (secondary N) is 1. The van der Waals surface area contributed by atoms with Crippen LogP contribution in [0.25, 0.3) is 0 Å². The van der Waals surface area contributed by atoms with Crippen LogP contribution in [-0.4, -0.2) is 28.5 Å². The Labute approximate surface area is 117 Å². The third-order valence-corrected chi connectivity index (χ3v) is 3.15. The lowest BCUT2D eigenvalue weighted by molar-refractivity contribution is 0.164. The molecule has 0 aliphatic carbocycles. The summed E-state index contributed by atoms with van der Waals surface area (Å²) in [7, 11) is 1.95. The van der Waals surface area contributed by atoms with E-state index in [0.717, 1.165) is 23.7 Å². The van der Waals surface area contributed by atoms with Gasteiger partial charge in [0.1, 0.15) is 5.69 Å². The normalized spacial score (nSPS) is 12.8. The quantitative estimate of drug-likeness (QED) is 0.891. The molecule has 1 N–H and O–H groups in total. The van der Waals surface area contributed by atoms with Gasteiger partial charge in [0.15, 0.2) is 5.75 Å². The first-order valence-corrected chi connectivity index (χ1v) is 6.90. The molecule has 0 aromatic carbocycles. The van der Waals surface area contributed by atoms with Gasteiger partial charge in [-0.15, -0.1) is 0 Å². The number of rotatable bonds is 5. The van der Waals surface area contributed by atoms with Crippen LogP contribution >= 0.6 is 0 Å². The molecule has 19 heavy (non-hydrogen) atoms. The van der Waals surface area contributed by atoms with Crippen LogP contribution in [0.4, 0.5) is 0 Å². The third-order valence-electron chi connectivity index (χ3n) is 3.15. The van der Waals surface area contributed by atoms with Crippen molar-refractivity contribution in [3.05, 3.63) is 11.4 Å². The highest BCUT2D eigenvalue weighted by molar-refractivity contribution is 5.31. The summed E-state index contributed by atoms with van der Waals surface area (Å²) in [5.41, 5.74) is 2.26. The fraction of sp³-hybridized carbons (Fsp3) is 0.800. The zero-order valence-electron chi connectivity index (χ0n) is 13.7. The van der Waals surface area contributed by atoms with Crippen molar-refractivity contribution in [2.75, 3.05) is 13.2 Å². The van der Waals surface area contributed by atoms with Gasteiger partial charge in [0, 0.05) is 24.5 Å². The fourth-order valence-electron chi connectivity index (χ4n) is 1.79. The molecule has 0 radical (unpaired) electrons. The van der Waals surface area contributed by atoms with Crippen molar-refractivity contribution >= 4 is 0 Å². The van der Waals surface area contributed by atoms with Crippen molar-refractivity contribution in [1.29, 1.82) is 0 Å². The van der Waals surface area contributed by atoms with Crippen molar-refractivity contribution in [3.63, 3.8) is 0 Å². The van der Waals surface area contributed by atoms with E-state index in [1.54, 1.807) is 0 Å². The van der Waals surface area contributed by atoms with Crippen LogP contribution in [0.3, 0.4) is 0 Å². The molecule has 0 spiro atoms. The Bertz CT molecular complexity index is 427. The van der Waals surface area contributed by atoms with E-state index >= 15 is 0 Å². The van der Waals surface area contributed by atoms with Crippen LogP contribution in [0.2, 0.25) is 0 Å². The van der Waals surface area contributed by atoms with E-state index < -0.39 is 0 Å². The molecule has 4 nitrogen and oxygen atoms in total. The predicted octanol–water partition coefficient (Wildman–Crippen LogP) is 2.83. The van der Waals surface area contributed by atoms with E-state index in [9.17, 15) is 0 Å². The molecule has 0 unspecified atom stereocenters. The Kier molecular flexibility index (Phi) is 4.67. The largest absolute Gasteiger partial charge is 0.489 e. The van der Waals surface area contributed by atoms with Gasteiger partial charge in [0.25, 0.3) is 0 Å². The van der Waals surface area contributed by atoms with Gasteiger partial charge in [0.2, 0.25) is 0 Å². The minimum atomic E-state index is 0.0853. The Morgan fingerprint density at radius 1 is 1.16 bits per heavy atom. The summed E-state index contributed by atoms with van der Waals surface area (Å²) in [5.74, 6) is 0.923. The molecular formula is C15H29N3O. The summed E-state index contributed by atoms with van der Waals surface area (Å²) in [6.07, 6.45) is 0. The van der Waals surface area contributed by atoms with Crippen LogP contribution in [0.15, 0.2) is 0 Å². The molecule has 4 heteroatoms. The predicted molar refractivity (Wildman–Crippen MR) is 79.7 cm³/mol. The Hall–Kier alpha value is -1.03. The third kappa shape index (κ3) is 4.86. The van der Waals surface area contributed by atoms with Gasteiger partial charge in [-0.25, -0.2) is 0 Å². The molecule has 0 saturated heterocycles. The van der Waals surface area contributed by atoms with Gasteiger partial charge >= 0.3 is 0 Å². The van der Waals surface area contributed by atoms with Crippen LogP contribution in [0.1, 0.15) is 46.0 Å². The monoisotopic (exact) mass is 267 g/mol. The van der Waals surface area contributed by atoms with Gasteiger partial charge in [-0.05, 0) is 34.6 Å². The number of hydrogen-bond donors (Lipinski definition) is 1. The molecule has 0 aliphatic heterocycles. The van der Waals surface area contributed by atoms with Gasteiger partial charge in [-0.3, -0.25) is 4.68 Å². The van der Waals surface area contributed by atoms with Crippen molar-refractivity contribution in [3.8, 4) is 5.75 Å². The Morgan fingerprint density at radius 2 is 1.74 bits per heavy atom. The molecule has 1 heterocycles. The maximum atomic E-state index is 6.00. The molecule has 0 amide bonds. The molecule has 110 valence electrons. The summed E-state index contributed by atoms with van der Waals surface area (Å²) in [4.78, 5) is 0. The number of aryl methyl sites for hydroxylation is 2. The van der Waals surface area contributed by atoms with Gasteiger partial charge < -0.3 is 10.1 Å². The van der Waals surface area contributed by atoms with Crippen molar-refractivity contribution in [2.45, 2.75) is 54.0 Å². The zero-order chi connectivity index (χ0) is 14.8. The van der Waals surface area contributed by atoms with Crippen molar-refractivity contribution in [1.82, 2.24) is 15.1 Å². The lowest BCUT2D eigenvalue weighted by Gasteiger charge is -2.30. The van der Waals surface area contributed by atoms with Gasteiger partial charge in [-0.1, -0.05) is 13.8 Å². The van der Waals surface area contributed by atoms with Crippen LogP contribution in [0.5, 0.6) is 5.75 Å². The highest BCUT2D eigenvalue weighted by atomic mass is 16.5. The van der Waals surface area contributed by atoms with E-state index in [1.165, 1.54) is 0 Å².